The SMILES string of the molecule is CCOP(=O)(OCC)[C@H](OC(=O)[C@@]12CC[C@@](C)(C(=O)O1)C2(C)C)[C@@H](NC(=O)c1ccccc1)c1ccccc1. The Morgan fingerprint density at radius 2 is 1.51 bits per heavy atom. The smallest absolute Gasteiger partial charge is 0.373 e. The molecule has 2 aromatic carbocycles. The van der Waals surface area contributed by atoms with Gasteiger partial charge in [0.1, 0.15) is 6.04 Å². The van der Waals surface area contributed by atoms with Crippen LogP contribution in [0, 0.1) is 10.8 Å². The summed E-state index contributed by atoms with van der Waals surface area (Å²) in [6.45, 7) is 8.69. The van der Waals surface area contributed by atoms with Gasteiger partial charge in [-0.05, 0) is 51.3 Å². The minimum Gasteiger partial charge on any atom is -0.446 e. The molecule has 1 saturated carbocycles. The molecule has 0 unspecified atom stereocenters. The largest absolute Gasteiger partial charge is 0.446 e. The fraction of sp³-hybridized carbons (Fsp3) is 0.483. The Morgan fingerprint density at radius 1 is 0.949 bits per heavy atom. The zero-order valence-electron chi connectivity index (χ0n) is 23.0. The van der Waals surface area contributed by atoms with E-state index in [2.05, 4.69) is 5.32 Å². The van der Waals surface area contributed by atoms with Gasteiger partial charge in [0.15, 0.2) is 0 Å². The van der Waals surface area contributed by atoms with E-state index in [1.54, 1.807) is 95.3 Å². The fourth-order valence-corrected chi connectivity index (χ4v) is 7.48. The topological polar surface area (TPSA) is 117 Å². The maximum absolute atomic E-state index is 14.3. The molecule has 2 bridgehead atoms. The molecular weight excluding hydrogens is 521 g/mol. The summed E-state index contributed by atoms with van der Waals surface area (Å²) in [5.74, 6) is -3.36. The predicted octanol–water partition coefficient (Wildman–Crippen LogP) is 5.42. The molecule has 1 N–H and O–H groups in total. The van der Waals surface area contributed by atoms with Crippen LogP contribution < -0.4 is 5.32 Å². The molecule has 1 saturated heterocycles. The number of rotatable bonds is 11. The lowest BCUT2D eigenvalue weighted by Gasteiger charge is -2.38. The summed E-state index contributed by atoms with van der Waals surface area (Å²) in [5, 5.41) is 2.89. The summed E-state index contributed by atoms with van der Waals surface area (Å²) in [4.78, 5) is 40.2. The lowest BCUT2D eigenvalue weighted by molar-refractivity contribution is -0.186. The normalized spacial score (nSPS) is 25.0. The van der Waals surface area contributed by atoms with Crippen molar-refractivity contribution in [1.29, 1.82) is 0 Å². The molecule has 2 fully saturated rings. The Bertz CT molecular complexity index is 1260. The molecule has 1 aliphatic carbocycles. The third-order valence-corrected chi connectivity index (χ3v) is 10.6. The second-order valence-corrected chi connectivity index (χ2v) is 12.7. The van der Waals surface area contributed by atoms with Gasteiger partial charge < -0.3 is 23.8 Å². The van der Waals surface area contributed by atoms with E-state index in [4.69, 9.17) is 18.5 Å². The van der Waals surface area contributed by atoms with E-state index in [0.29, 0.717) is 17.5 Å². The second kappa shape index (κ2) is 10.9. The average molecular weight is 558 g/mol. The number of esters is 2. The molecule has 2 aromatic rings. The van der Waals surface area contributed by atoms with Crippen molar-refractivity contribution in [3.63, 3.8) is 0 Å². The number of nitrogens with one attached hydrogen (secondary N) is 1. The monoisotopic (exact) mass is 557 g/mol. The van der Waals surface area contributed by atoms with Crippen LogP contribution in [0.4, 0.5) is 0 Å². The van der Waals surface area contributed by atoms with Crippen molar-refractivity contribution in [3.8, 4) is 0 Å². The number of carbonyl (C=O) groups excluding carboxylic acids is 3. The van der Waals surface area contributed by atoms with E-state index in [9.17, 15) is 18.9 Å². The highest BCUT2D eigenvalue weighted by atomic mass is 31.2. The van der Waals surface area contributed by atoms with Crippen molar-refractivity contribution >= 4 is 25.4 Å². The van der Waals surface area contributed by atoms with Crippen LogP contribution in [0.3, 0.4) is 0 Å². The number of amides is 1. The Labute approximate surface area is 229 Å². The number of fused-ring (bicyclic) bond motifs is 2. The van der Waals surface area contributed by atoms with E-state index in [1.165, 1.54) is 0 Å². The van der Waals surface area contributed by atoms with Gasteiger partial charge in [-0.25, -0.2) is 4.79 Å². The van der Waals surface area contributed by atoms with Gasteiger partial charge in [-0.15, -0.1) is 0 Å². The van der Waals surface area contributed by atoms with Crippen molar-refractivity contribution in [2.45, 2.75) is 64.9 Å². The lowest BCUT2D eigenvalue weighted by atomic mass is 9.66. The quantitative estimate of drug-likeness (QED) is 0.288. The van der Waals surface area contributed by atoms with E-state index in [-0.39, 0.29) is 19.6 Å². The Morgan fingerprint density at radius 3 is 2.00 bits per heavy atom. The van der Waals surface area contributed by atoms with Gasteiger partial charge in [0.2, 0.25) is 11.4 Å². The summed E-state index contributed by atoms with van der Waals surface area (Å²) < 4.78 is 37.4. The summed E-state index contributed by atoms with van der Waals surface area (Å²) in [6.07, 6.45) is 0.702. The molecule has 4 rings (SSSR count). The van der Waals surface area contributed by atoms with Gasteiger partial charge in [-0.3, -0.25) is 14.2 Å². The van der Waals surface area contributed by atoms with E-state index in [1.807, 2.05) is 0 Å². The summed E-state index contributed by atoms with van der Waals surface area (Å²) in [5.41, 5.74) is -2.45. The standard InChI is InChI=1S/C29H36NO8P/c1-6-35-39(34,36-7-2)24(37-26(33)29-19-18-28(5,25(32)38-29)27(29,3)4)22(20-14-10-8-11-15-20)30-23(31)21-16-12-9-13-17-21/h8-17,22,24H,6-7,18-19H2,1-5H3,(H,30,31)/t22-,24-,28-,29+/m0/s1. The van der Waals surface area contributed by atoms with Gasteiger partial charge in [0, 0.05) is 11.0 Å². The number of hydrogen-bond acceptors (Lipinski definition) is 8. The third-order valence-electron chi connectivity index (χ3n) is 8.34. The average Bonchev–Trinajstić information content (AvgIpc) is 3.22. The lowest BCUT2D eigenvalue weighted by Crippen LogP contribution is -2.51. The van der Waals surface area contributed by atoms with Crippen molar-refractivity contribution in [2.75, 3.05) is 13.2 Å². The van der Waals surface area contributed by atoms with Gasteiger partial charge in [-0.2, -0.15) is 0 Å². The highest BCUT2D eigenvalue weighted by Gasteiger charge is 2.77. The van der Waals surface area contributed by atoms with Crippen LogP contribution in [0.1, 0.15) is 69.4 Å². The molecule has 0 radical (unpaired) electrons. The Hall–Kier alpha value is -3.00. The van der Waals surface area contributed by atoms with Gasteiger partial charge in [0.05, 0.1) is 18.6 Å². The number of benzene rings is 2. The molecule has 210 valence electrons. The van der Waals surface area contributed by atoms with Crippen LogP contribution in [-0.4, -0.2) is 42.5 Å². The Balaban J connectivity index is 1.80. The van der Waals surface area contributed by atoms with E-state index < -0.39 is 53.8 Å². The maximum atomic E-state index is 14.3. The highest BCUT2D eigenvalue weighted by molar-refractivity contribution is 7.54. The van der Waals surface area contributed by atoms with Gasteiger partial charge in [0.25, 0.3) is 5.91 Å². The van der Waals surface area contributed by atoms with Gasteiger partial charge >= 0.3 is 19.5 Å². The van der Waals surface area contributed by atoms with Crippen LogP contribution in [0.15, 0.2) is 60.7 Å². The first-order chi connectivity index (χ1) is 18.5. The molecule has 4 atom stereocenters. The van der Waals surface area contributed by atoms with Crippen molar-refractivity contribution < 1.29 is 37.5 Å². The fourth-order valence-electron chi connectivity index (χ4n) is 5.56. The van der Waals surface area contributed by atoms with Crippen molar-refractivity contribution in [3.05, 3.63) is 71.8 Å². The minimum atomic E-state index is -4.19. The molecule has 39 heavy (non-hydrogen) atoms. The molecule has 10 heteroatoms. The van der Waals surface area contributed by atoms with Crippen molar-refractivity contribution in [1.82, 2.24) is 5.32 Å². The zero-order valence-corrected chi connectivity index (χ0v) is 23.9. The highest BCUT2D eigenvalue weighted by Crippen LogP contribution is 2.66. The molecular formula is C29H36NO8P. The van der Waals surface area contributed by atoms with Gasteiger partial charge in [-0.1, -0.05) is 62.4 Å². The molecule has 1 heterocycles. The minimum absolute atomic E-state index is 0.00314. The Kier molecular flexibility index (Phi) is 8.08. The summed E-state index contributed by atoms with van der Waals surface area (Å²) in [7, 11) is -4.19. The zero-order chi connectivity index (χ0) is 28.5. The van der Waals surface area contributed by atoms with Crippen LogP contribution in [0.25, 0.3) is 0 Å². The molecule has 1 amide bonds. The molecule has 9 nitrogen and oxygen atoms in total. The maximum Gasteiger partial charge on any atom is 0.373 e. The first kappa shape index (κ1) is 29.0. The predicted molar refractivity (Wildman–Crippen MR) is 144 cm³/mol. The van der Waals surface area contributed by atoms with Crippen LogP contribution >= 0.6 is 7.60 Å². The number of ether oxygens (including phenoxy) is 2. The second-order valence-electron chi connectivity index (χ2n) is 10.6. The van der Waals surface area contributed by atoms with E-state index >= 15 is 0 Å². The summed E-state index contributed by atoms with van der Waals surface area (Å²) in [6, 6.07) is 16.2. The first-order valence-corrected chi connectivity index (χ1v) is 14.8. The molecule has 0 spiro atoms. The van der Waals surface area contributed by atoms with Crippen molar-refractivity contribution in [2.24, 2.45) is 10.8 Å². The van der Waals surface area contributed by atoms with Crippen LogP contribution in [0.5, 0.6) is 0 Å². The van der Waals surface area contributed by atoms with Crippen LogP contribution in [0.2, 0.25) is 0 Å². The summed E-state index contributed by atoms with van der Waals surface area (Å²) >= 11 is 0. The van der Waals surface area contributed by atoms with E-state index in [0.717, 1.165) is 0 Å². The van der Waals surface area contributed by atoms with Crippen LogP contribution in [-0.2, 0) is 32.7 Å². The molecule has 1 aliphatic heterocycles. The number of carbonyl (C=O) groups is 3. The molecule has 2 aliphatic rings. The molecule has 0 aromatic heterocycles. The number of hydrogen-bond donors (Lipinski definition) is 1. The third kappa shape index (κ3) is 4.81. The first-order valence-electron chi connectivity index (χ1n) is 13.2.